The van der Waals surface area contributed by atoms with Gasteiger partial charge in [-0.2, -0.15) is 13.2 Å². The number of rotatable bonds is 2. The lowest BCUT2D eigenvalue weighted by Gasteiger charge is -2.41. The molecule has 0 aliphatic carbocycles. The van der Waals surface area contributed by atoms with Crippen LogP contribution in [0.15, 0.2) is 30.6 Å². The van der Waals surface area contributed by atoms with Crippen molar-refractivity contribution in [1.82, 2.24) is 20.2 Å². The number of fused-ring (bicyclic) bond motifs is 3. The van der Waals surface area contributed by atoms with Gasteiger partial charge in [-0.3, -0.25) is 4.90 Å². The van der Waals surface area contributed by atoms with Gasteiger partial charge in [-0.1, -0.05) is 6.07 Å². The van der Waals surface area contributed by atoms with E-state index in [0.29, 0.717) is 6.04 Å². The molecule has 0 amide bonds. The molecule has 25 heavy (non-hydrogen) atoms. The number of benzene rings is 1. The number of halogens is 3. The summed E-state index contributed by atoms with van der Waals surface area (Å²) in [7, 11) is 0. The Morgan fingerprint density at radius 1 is 1.16 bits per heavy atom. The van der Waals surface area contributed by atoms with Gasteiger partial charge in [0.1, 0.15) is 0 Å². The first-order valence-corrected chi connectivity index (χ1v) is 8.24. The molecule has 2 aliphatic heterocycles. The van der Waals surface area contributed by atoms with Gasteiger partial charge in [0.05, 0.1) is 5.56 Å². The fourth-order valence-electron chi connectivity index (χ4n) is 3.48. The third kappa shape index (κ3) is 3.32. The Labute approximate surface area is 143 Å². The fraction of sp³-hybridized carbons (Fsp3) is 0.412. The molecule has 1 aromatic carbocycles. The summed E-state index contributed by atoms with van der Waals surface area (Å²) in [5.74, 6) is 0.157. The van der Waals surface area contributed by atoms with Crippen molar-refractivity contribution >= 4 is 11.6 Å². The van der Waals surface area contributed by atoms with Crippen molar-refractivity contribution < 1.29 is 13.2 Å². The Morgan fingerprint density at radius 3 is 2.72 bits per heavy atom. The monoisotopic (exact) mass is 349 g/mol. The first kappa shape index (κ1) is 16.3. The second-order valence-corrected chi connectivity index (χ2v) is 6.34. The van der Waals surface area contributed by atoms with E-state index >= 15 is 0 Å². The van der Waals surface area contributed by atoms with Gasteiger partial charge in [-0.15, -0.1) is 0 Å². The number of piperazine rings is 1. The summed E-state index contributed by atoms with van der Waals surface area (Å²) in [6.45, 7) is 4.06. The van der Waals surface area contributed by atoms with Crippen LogP contribution in [0.2, 0.25) is 0 Å². The van der Waals surface area contributed by atoms with E-state index in [4.69, 9.17) is 0 Å². The smallest absolute Gasteiger partial charge is 0.324 e. The van der Waals surface area contributed by atoms with Crippen LogP contribution in [0.5, 0.6) is 0 Å². The predicted octanol–water partition coefficient (Wildman–Crippen LogP) is 2.74. The number of aromatic nitrogens is 2. The molecule has 1 aromatic heterocycles. The number of alkyl halides is 3. The first-order valence-electron chi connectivity index (χ1n) is 8.24. The van der Waals surface area contributed by atoms with Crippen LogP contribution >= 0.6 is 0 Å². The van der Waals surface area contributed by atoms with Crippen molar-refractivity contribution in [1.29, 1.82) is 0 Å². The zero-order chi connectivity index (χ0) is 17.4. The van der Waals surface area contributed by atoms with Crippen LogP contribution in [0.3, 0.4) is 0 Å². The Bertz CT molecular complexity index is 760. The molecule has 132 valence electrons. The Hall–Kier alpha value is -2.19. The minimum atomic E-state index is -4.43. The van der Waals surface area contributed by atoms with E-state index in [9.17, 15) is 13.2 Å². The maximum Gasteiger partial charge on any atom is 0.419 e. The number of hydrogen-bond donors (Lipinski definition) is 2. The zero-order valence-electron chi connectivity index (χ0n) is 13.5. The Balaban J connectivity index is 1.53. The molecule has 0 saturated carbocycles. The van der Waals surface area contributed by atoms with E-state index in [2.05, 4.69) is 31.6 Å². The van der Waals surface area contributed by atoms with Crippen LogP contribution in [-0.2, 0) is 12.6 Å². The van der Waals surface area contributed by atoms with Crippen LogP contribution in [0, 0.1) is 0 Å². The molecule has 8 heteroatoms. The van der Waals surface area contributed by atoms with Gasteiger partial charge in [-0.25, -0.2) is 9.97 Å². The predicted molar refractivity (Wildman–Crippen MR) is 87.6 cm³/mol. The van der Waals surface area contributed by atoms with Crippen molar-refractivity contribution in [3.8, 4) is 0 Å². The van der Waals surface area contributed by atoms with Gasteiger partial charge >= 0.3 is 6.18 Å². The average molecular weight is 349 g/mol. The van der Waals surface area contributed by atoms with Crippen molar-refractivity contribution in [2.45, 2.75) is 18.6 Å². The summed E-state index contributed by atoms with van der Waals surface area (Å²) in [6.07, 6.45) is -1.88. The molecule has 0 spiro atoms. The summed E-state index contributed by atoms with van der Waals surface area (Å²) < 4.78 is 37.7. The lowest BCUT2D eigenvalue weighted by atomic mass is 9.91. The van der Waals surface area contributed by atoms with E-state index < -0.39 is 11.7 Å². The molecule has 1 fully saturated rings. The minimum absolute atomic E-state index is 0.157. The van der Waals surface area contributed by atoms with Gasteiger partial charge in [0.25, 0.3) is 0 Å². The quantitative estimate of drug-likeness (QED) is 0.873. The standard InChI is InChI=1S/C17H18F3N5/c18-17(19,20)12-8-22-16(23-9-12)24-13-1-2-14-11(7-13)3-5-25-6-4-21-10-15(14)25/h1-2,7-9,15,21H,3-6,10H2,(H,22,23,24)/t15-/m0/s1. The molecule has 2 N–H and O–H groups in total. The Kier molecular flexibility index (Phi) is 4.09. The van der Waals surface area contributed by atoms with Gasteiger partial charge in [0.2, 0.25) is 5.95 Å². The van der Waals surface area contributed by atoms with Crippen molar-refractivity contribution in [2.24, 2.45) is 0 Å². The van der Waals surface area contributed by atoms with Gasteiger partial charge in [0, 0.05) is 50.3 Å². The van der Waals surface area contributed by atoms with Crippen LogP contribution in [0.4, 0.5) is 24.8 Å². The van der Waals surface area contributed by atoms with Gasteiger partial charge in [0.15, 0.2) is 0 Å². The maximum absolute atomic E-state index is 12.6. The summed E-state index contributed by atoms with van der Waals surface area (Å²) in [6, 6.07) is 6.46. The van der Waals surface area contributed by atoms with Crippen LogP contribution < -0.4 is 10.6 Å². The number of hydrogen-bond acceptors (Lipinski definition) is 5. The molecule has 2 aromatic rings. The Morgan fingerprint density at radius 2 is 1.96 bits per heavy atom. The second-order valence-electron chi connectivity index (χ2n) is 6.34. The fourth-order valence-corrected chi connectivity index (χ4v) is 3.48. The normalized spacial score (nSPS) is 20.7. The van der Waals surface area contributed by atoms with E-state index in [1.807, 2.05) is 12.1 Å². The van der Waals surface area contributed by atoms with E-state index in [0.717, 1.165) is 50.7 Å². The molecular weight excluding hydrogens is 331 g/mol. The van der Waals surface area contributed by atoms with E-state index in [1.54, 1.807) is 0 Å². The highest BCUT2D eigenvalue weighted by atomic mass is 19.4. The van der Waals surface area contributed by atoms with E-state index in [-0.39, 0.29) is 5.95 Å². The van der Waals surface area contributed by atoms with Gasteiger partial charge < -0.3 is 10.6 Å². The number of nitrogens with one attached hydrogen (secondary N) is 2. The maximum atomic E-state index is 12.6. The average Bonchev–Trinajstić information content (AvgIpc) is 2.61. The largest absolute Gasteiger partial charge is 0.419 e. The highest BCUT2D eigenvalue weighted by Gasteiger charge is 2.31. The highest BCUT2D eigenvalue weighted by molar-refractivity contribution is 5.56. The molecule has 0 unspecified atom stereocenters. The third-order valence-corrected chi connectivity index (χ3v) is 4.76. The molecule has 0 bridgehead atoms. The van der Waals surface area contributed by atoms with Gasteiger partial charge in [-0.05, 0) is 29.7 Å². The molecule has 1 saturated heterocycles. The topological polar surface area (TPSA) is 53.1 Å². The molecular formula is C17H18F3N5. The summed E-state index contributed by atoms with van der Waals surface area (Å²) in [4.78, 5) is 10.0. The zero-order valence-corrected chi connectivity index (χ0v) is 13.5. The second kappa shape index (κ2) is 6.27. The molecule has 5 nitrogen and oxygen atoms in total. The number of anilines is 2. The van der Waals surface area contributed by atoms with Crippen molar-refractivity contribution in [3.63, 3.8) is 0 Å². The molecule has 3 heterocycles. The van der Waals surface area contributed by atoms with Crippen molar-refractivity contribution in [3.05, 3.63) is 47.3 Å². The summed E-state index contributed by atoms with van der Waals surface area (Å²) in [5, 5.41) is 6.41. The molecule has 1 atom stereocenters. The third-order valence-electron chi connectivity index (χ3n) is 4.76. The van der Waals surface area contributed by atoms with E-state index in [1.165, 1.54) is 11.1 Å². The van der Waals surface area contributed by atoms with Crippen LogP contribution in [0.1, 0.15) is 22.7 Å². The molecule has 4 rings (SSSR count). The molecule has 0 radical (unpaired) electrons. The number of nitrogens with zero attached hydrogens (tertiary/aromatic N) is 3. The molecule has 2 aliphatic rings. The SMILES string of the molecule is FC(F)(F)c1cnc(Nc2ccc3c(c2)CCN2CCNC[C@@H]32)nc1. The minimum Gasteiger partial charge on any atom is -0.324 e. The first-order chi connectivity index (χ1) is 12.0. The van der Waals surface area contributed by atoms with Crippen LogP contribution in [0.25, 0.3) is 0 Å². The highest BCUT2D eigenvalue weighted by Crippen LogP contribution is 2.33. The van der Waals surface area contributed by atoms with Crippen LogP contribution in [-0.4, -0.2) is 41.0 Å². The lowest BCUT2D eigenvalue weighted by molar-refractivity contribution is -0.138. The summed E-state index contributed by atoms with van der Waals surface area (Å²) >= 11 is 0. The lowest BCUT2D eigenvalue weighted by Crippen LogP contribution is -2.48. The van der Waals surface area contributed by atoms with Crippen molar-refractivity contribution in [2.75, 3.05) is 31.5 Å². The summed E-state index contributed by atoms with van der Waals surface area (Å²) in [5.41, 5.74) is 2.52.